The number of nitro benzene ring substituents is 1. The van der Waals surface area contributed by atoms with Crippen molar-refractivity contribution in [3.05, 3.63) is 67.0 Å². The van der Waals surface area contributed by atoms with Crippen LogP contribution in [0.25, 0.3) is 0 Å². The van der Waals surface area contributed by atoms with Gasteiger partial charge in [0.2, 0.25) is 0 Å². The normalized spacial score (nSPS) is 11.0. The third-order valence-corrected chi connectivity index (χ3v) is 4.70. The van der Waals surface area contributed by atoms with Gasteiger partial charge in [0.15, 0.2) is 0 Å². The van der Waals surface area contributed by atoms with E-state index in [-0.39, 0.29) is 16.9 Å². The number of aromatic nitrogens is 2. The number of hydrogen-bond acceptors (Lipinski definition) is 6. The van der Waals surface area contributed by atoms with E-state index < -0.39 is 4.92 Å². The summed E-state index contributed by atoms with van der Waals surface area (Å²) >= 11 is 0. The van der Waals surface area contributed by atoms with Crippen LogP contribution in [0, 0.1) is 10.1 Å². The Kier molecular flexibility index (Phi) is 7.51. The molecule has 1 aromatic heterocycles. The van der Waals surface area contributed by atoms with Crippen molar-refractivity contribution in [3.63, 3.8) is 0 Å². The summed E-state index contributed by atoms with van der Waals surface area (Å²) in [6.07, 6.45) is 1.45. The molecule has 0 saturated heterocycles. The summed E-state index contributed by atoms with van der Waals surface area (Å²) in [4.78, 5) is 36.2. The molecule has 0 spiro atoms. The van der Waals surface area contributed by atoms with Gasteiger partial charge in [-0.15, -0.1) is 0 Å². The number of ether oxygens (including phenoxy) is 1. The second-order valence-corrected chi connectivity index (χ2v) is 6.51. The smallest absolute Gasteiger partial charge is 0.330 e. The molecular formula is C19H26N4O5. The van der Waals surface area contributed by atoms with Crippen LogP contribution >= 0.6 is 0 Å². The van der Waals surface area contributed by atoms with Gasteiger partial charge >= 0.3 is 5.69 Å². The fourth-order valence-electron chi connectivity index (χ4n) is 2.89. The lowest BCUT2D eigenvalue weighted by atomic mass is 10.2. The molecule has 0 aliphatic carbocycles. The quantitative estimate of drug-likeness (QED) is 0.448. The van der Waals surface area contributed by atoms with Gasteiger partial charge in [-0.2, -0.15) is 0 Å². The lowest BCUT2D eigenvalue weighted by molar-refractivity contribution is -0.384. The Bertz CT molecular complexity index is 917. The van der Waals surface area contributed by atoms with Gasteiger partial charge in [0.05, 0.1) is 4.92 Å². The van der Waals surface area contributed by atoms with Crippen molar-refractivity contribution in [2.75, 3.05) is 26.2 Å². The van der Waals surface area contributed by atoms with Crippen molar-refractivity contribution in [1.29, 1.82) is 0 Å². The molecule has 0 unspecified atom stereocenters. The van der Waals surface area contributed by atoms with Gasteiger partial charge in [0.1, 0.15) is 12.4 Å². The van der Waals surface area contributed by atoms with Crippen LogP contribution in [0.1, 0.15) is 19.0 Å². The first kappa shape index (κ1) is 21.4. The molecule has 9 nitrogen and oxygen atoms in total. The molecule has 0 aliphatic heterocycles. The van der Waals surface area contributed by atoms with E-state index in [2.05, 4.69) is 11.8 Å². The Morgan fingerprint density at radius 1 is 1.11 bits per heavy atom. The molecule has 9 heteroatoms. The van der Waals surface area contributed by atoms with Crippen LogP contribution in [-0.2, 0) is 20.5 Å². The third-order valence-electron chi connectivity index (χ3n) is 4.70. The van der Waals surface area contributed by atoms with Crippen LogP contribution in [0.4, 0.5) is 5.69 Å². The van der Waals surface area contributed by atoms with Crippen molar-refractivity contribution < 1.29 is 9.66 Å². The molecule has 152 valence electrons. The molecule has 2 aromatic rings. The number of aryl methyl sites for hydroxylation is 1. The summed E-state index contributed by atoms with van der Waals surface area (Å²) in [6.45, 7) is 4.89. The third kappa shape index (κ3) is 5.53. The van der Waals surface area contributed by atoms with E-state index in [0.717, 1.165) is 29.8 Å². The number of likely N-dealkylation sites (N-methyl/N-ethyl adjacent to an activating group) is 1. The largest absolute Gasteiger partial charge is 0.492 e. The zero-order chi connectivity index (χ0) is 20.7. The highest BCUT2D eigenvalue weighted by atomic mass is 16.6. The summed E-state index contributed by atoms with van der Waals surface area (Å²) in [6, 6.07) is 7.52. The van der Waals surface area contributed by atoms with Gasteiger partial charge in [-0.05, 0) is 38.1 Å². The van der Waals surface area contributed by atoms with Crippen molar-refractivity contribution in [2.24, 2.45) is 14.1 Å². The minimum Gasteiger partial charge on any atom is -0.492 e. The Hall–Kier alpha value is -2.94. The molecule has 0 bridgehead atoms. The summed E-state index contributed by atoms with van der Waals surface area (Å²) in [5.74, 6) is 0.594. The summed E-state index contributed by atoms with van der Waals surface area (Å²) in [7, 11) is 3.14. The minimum atomic E-state index is -0.444. The van der Waals surface area contributed by atoms with Crippen molar-refractivity contribution in [1.82, 2.24) is 14.0 Å². The maximum Gasteiger partial charge on any atom is 0.330 e. The Balaban J connectivity index is 1.81. The maximum absolute atomic E-state index is 12.0. The minimum absolute atomic E-state index is 0.0349. The number of non-ortho nitro benzene ring substituents is 1. The monoisotopic (exact) mass is 390 g/mol. The molecule has 0 atom stereocenters. The molecule has 0 saturated carbocycles. The van der Waals surface area contributed by atoms with E-state index >= 15 is 0 Å². The Labute approximate surface area is 162 Å². The molecule has 1 aromatic carbocycles. The van der Waals surface area contributed by atoms with E-state index in [1.807, 2.05) is 0 Å². The van der Waals surface area contributed by atoms with Gasteiger partial charge in [-0.3, -0.25) is 19.5 Å². The number of nitro groups is 1. The first-order valence-electron chi connectivity index (χ1n) is 9.19. The second kappa shape index (κ2) is 9.84. The van der Waals surface area contributed by atoms with Crippen molar-refractivity contribution in [3.8, 4) is 5.75 Å². The zero-order valence-electron chi connectivity index (χ0n) is 16.5. The molecule has 0 aliphatic rings. The molecule has 0 amide bonds. The molecule has 2 rings (SSSR count). The van der Waals surface area contributed by atoms with E-state index in [4.69, 9.17) is 4.74 Å². The second-order valence-electron chi connectivity index (χ2n) is 6.51. The van der Waals surface area contributed by atoms with Crippen LogP contribution < -0.4 is 16.0 Å². The van der Waals surface area contributed by atoms with E-state index in [1.165, 1.54) is 29.8 Å². The SMILES string of the molecule is CCN(CCCc1cc(=O)n(C)c(=O)n1C)CCOc1ccc([N+](=O)[O-])cc1. The van der Waals surface area contributed by atoms with Gasteiger partial charge in [0.25, 0.3) is 11.2 Å². The Morgan fingerprint density at radius 2 is 1.79 bits per heavy atom. The molecule has 0 radical (unpaired) electrons. The van der Waals surface area contributed by atoms with Crippen LogP contribution in [0.2, 0.25) is 0 Å². The highest BCUT2D eigenvalue weighted by Crippen LogP contribution is 2.17. The predicted octanol–water partition coefficient (Wildman–Crippen LogP) is 1.33. The van der Waals surface area contributed by atoms with E-state index in [9.17, 15) is 19.7 Å². The zero-order valence-corrected chi connectivity index (χ0v) is 16.5. The average Bonchev–Trinajstić information content (AvgIpc) is 2.69. The summed E-state index contributed by atoms with van der Waals surface area (Å²) in [5.41, 5.74) is 0.159. The van der Waals surface area contributed by atoms with Gasteiger partial charge in [0, 0.05) is 44.5 Å². The van der Waals surface area contributed by atoms with Crippen LogP contribution in [0.5, 0.6) is 5.75 Å². The van der Waals surface area contributed by atoms with E-state index in [0.29, 0.717) is 25.3 Å². The molecule has 0 fully saturated rings. The van der Waals surface area contributed by atoms with Gasteiger partial charge in [-0.25, -0.2) is 4.79 Å². The number of rotatable bonds is 10. The van der Waals surface area contributed by atoms with Crippen LogP contribution in [0.3, 0.4) is 0 Å². The first-order chi connectivity index (χ1) is 13.3. The summed E-state index contributed by atoms with van der Waals surface area (Å²) in [5, 5.41) is 10.7. The van der Waals surface area contributed by atoms with Crippen molar-refractivity contribution in [2.45, 2.75) is 19.8 Å². The highest BCUT2D eigenvalue weighted by molar-refractivity contribution is 5.35. The lowest BCUT2D eigenvalue weighted by Crippen LogP contribution is -2.38. The fraction of sp³-hybridized carbons (Fsp3) is 0.474. The topological polar surface area (TPSA) is 99.6 Å². The fourth-order valence-corrected chi connectivity index (χ4v) is 2.89. The number of hydrogen-bond donors (Lipinski definition) is 0. The molecule has 28 heavy (non-hydrogen) atoms. The van der Waals surface area contributed by atoms with Crippen LogP contribution in [-0.4, -0.2) is 45.2 Å². The molecule has 0 N–H and O–H groups in total. The van der Waals surface area contributed by atoms with Gasteiger partial charge in [-0.1, -0.05) is 6.92 Å². The summed E-state index contributed by atoms with van der Waals surface area (Å²) < 4.78 is 8.25. The molecule has 1 heterocycles. The lowest BCUT2D eigenvalue weighted by Gasteiger charge is -2.20. The van der Waals surface area contributed by atoms with Crippen LogP contribution in [0.15, 0.2) is 39.9 Å². The first-order valence-corrected chi connectivity index (χ1v) is 9.19. The Morgan fingerprint density at radius 3 is 2.39 bits per heavy atom. The standard InChI is InChI=1S/C19H26N4O5/c1-4-22(12-13-28-17-9-7-15(8-10-17)23(26)27)11-5-6-16-14-18(24)21(3)19(25)20(16)2/h7-10,14H,4-6,11-13H2,1-3H3. The maximum atomic E-state index is 12.0. The number of benzene rings is 1. The average molecular weight is 390 g/mol. The molecular weight excluding hydrogens is 364 g/mol. The van der Waals surface area contributed by atoms with E-state index in [1.54, 1.807) is 19.2 Å². The predicted molar refractivity (Wildman–Crippen MR) is 106 cm³/mol. The number of nitrogens with zero attached hydrogens (tertiary/aromatic N) is 4. The highest BCUT2D eigenvalue weighted by Gasteiger charge is 2.08. The van der Waals surface area contributed by atoms with Gasteiger partial charge < -0.3 is 14.2 Å². The van der Waals surface area contributed by atoms with Crippen molar-refractivity contribution >= 4 is 5.69 Å².